The predicted molar refractivity (Wildman–Crippen MR) is 270 cm³/mol. The Morgan fingerprint density at radius 3 is 1.14 bits per heavy atom. The summed E-state index contributed by atoms with van der Waals surface area (Å²) in [7, 11) is 0. The van der Waals surface area contributed by atoms with Crippen molar-refractivity contribution in [3.05, 3.63) is 72.9 Å². The molecule has 0 saturated carbocycles. The van der Waals surface area contributed by atoms with Crippen LogP contribution in [0.4, 0.5) is 0 Å². The molecule has 1 atom stereocenters. The van der Waals surface area contributed by atoms with Crippen molar-refractivity contribution < 1.29 is 28.6 Å². The average molecular weight is 879 g/mol. The minimum absolute atomic E-state index is 0.0909. The maximum absolute atomic E-state index is 12.8. The monoisotopic (exact) mass is 879 g/mol. The molecule has 0 aliphatic heterocycles. The molecule has 0 bridgehead atoms. The van der Waals surface area contributed by atoms with Crippen molar-refractivity contribution in [1.29, 1.82) is 0 Å². The second kappa shape index (κ2) is 51.5. The molecule has 0 amide bonds. The van der Waals surface area contributed by atoms with Gasteiger partial charge in [-0.3, -0.25) is 14.4 Å². The van der Waals surface area contributed by atoms with Crippen molar-refractivity contribution in [3.63, 3.8) is 0 Å². The molecule has 0 N–H and O–H groups in total. The maximum Gasteiger partial charge on any atom is 0.306 e. The van der Waals surface area contributed by atoms with E-state index in [1.807, 2.05) is 30.4 Å². The Morgan fingerprint density at radius 2 is 0.683 bits per heavy atom. The van der Waals surface area contributed by atoms with Crippen molar-refractivity contribution in [2.45, 2.75) is 258 Å². The SMILES string of the molecule is CC/C=C/C=C/C=C/C=C/CCCCCC(=O)OCC(COC(=O)CCCCCCCCC/C=C/C/C=C/CCCCC)OC(=O)CCCCCCCCCCCCCCCCC. The van der Waals surface area contributed by atoms with Gasteiger partial charge in [-0.25, -0.2) is 0 Å². The third-order valence-corrected chi connectivity index (χ3v) is 11.3. The molecule has 0 aromatic carbocycles. The summed E-state index contributed by atoms with van der Waals surface area (Å²) < 4.78 is 16.8. The third-order valence-electron chi connectivity index (χ3n) is 11.3. The quantitative estimate of drug-likeness (QED) is 0.0199. The van der Waals surface area contributed by atoms with Gasteiger partial charge in [0.05, 0.1) is 0 Å². The first-order chi connectivity index (χ1) is 31.0. The molecule has 6 heteroatoms. The molecule has 362 valence electrons. The van der Waals surface area contributed by atoms with Crippen LogP contribution in [0.1, 0.15) is 252 Å². The lowest BCUT2D eigenvalue weighted by Crippen LogP contribution is -2.30. The molecule has 0 heterocycles. The molecule has 0 aliphatic rings. The second-order valence-electron chi connectivity index (χ2n) is 17.5. The van der Waals surface area contributed by atoms with E-state index in [0.717, 1.165) is 83.5 Å². The molecule has 0 spiro atoms. The van der Waals surface area contributed by atoms with Crippen LogP contribution in [0.15, 0.2) is 72.9 Å². The summed E-state index contributed by atoms with van der Waals surface area (Å²) in [5.41, 5.74) is 0. The first-order valence-corrected chi connectivity index (χ1v) is 26.5. The molecule has 63 heavy (non-hydrogen) atoms. The zero-order valence-electron chi connectivity index (χ0n) is 41.3. The highest BCUT2D eigenvalue weighted by Gasteiger charge is 2.19. The number of allylic oxidation sites excluding steroid dienone is 12. The van der Waals surface area contributed by atoms with Crippen molar-refractivity contribution in [3.8, 4) is 0 Å². The number of carbonyl (C=O) groups excluding carboxylic acids is 3. The fraction of sp³-hybridized carbons (Fsp3) is 0.737. The van der Waals surface area contributed by atoms with E-state index in [-0.39, 0.29) is 31.1 Å². The normalized spacial score (nSPS) is 12.6. The van der Waals surface area contributed by atoms with Gasteiger partial charge in [-0.2, -0.15) is 0 Å². The lowest BCUT2D eigenvalue weighted by atomic mass is 10.0. The van der Waals surface area contributed by atoms with Crippen molar-refractivity contribution >= 4 is 17.9 Å². The molecule has 0 aromatic heterocycles. The number of rotatable bonds is 47. The Balaban J connectivity index is 4.42. The average Bonchev–Trinajstić information content (AvgIpc) is 3.28. The Kier molecular flexibility index (Phi) is 48.9. The van der Waals surface area contributed by atoms with Crippen LogP contribution in [0, 0.1) is 0 Å². The highest BCUT2D eigenvalue weighted by molar-refractivity contribution is 5.71. The van der Waals surface area contributed by atoms with Crippen molar-refractivity contribution in [2.24, 2.45) is 0 Å². The van der Waals surface area contributed by atoms with Gasteiger partial charge in [0.25, 0.3) is 0 Å². The molecule has 0 saturated heterocycles. The summed E-state index contributed by atoms with van der Waals surface area (Å²) in [5.74, 6) is -0.933. The topological polar surface area (TPSA) is 78.9 Å². The Labute approximate surface area is 389 Å². The van der Waals surface area contributed by atoms with Crippen LogP contribution in [0.25, 0.3) is 0 Å². The fourth-order valence-electron chi connectivity index (χ4n) is 7.31. The van der Waals surface area contributed by atoms with E-state index in [1.165, 1.54) is 128 Å². The summed E-state index contributed by atoms with van der Waals surface area (Å²) in [4.78, 5) is 38.0. The van der Waals surface area contributed by atoms with Crippen LogP contribution in [0.5, 0.6) is 0 Å². The molecular weight excluding hydrogens is 781 g/mol. The van der Waals surface area contributed by atoms with E-state index in [9.17, 15) is 14.4 Å². The number of carbonyl (C=O) groups is 3. The van der Waals surface area contributed by atoms with Crippen LogP contribution in [-0.2, 0) is 28.6 Å². The summed E-state index contributed by atoms with van der Waals surface area (Å²) in [6, 6.07) is 0. The third kappa shape index (κ3) is 49.7. The lowest BCUT2D eigenvalue weighted by Gasteiger charge is -2.18. The molecule has 0 aliphatic carbocycles. The van der Waals surface area contributed by atoms with Gasteiger partial charge < -0.3 is 14.2 Å². The van der Waals surface area contributed by atoms with Crippen LogP contribution in [-0.4, -0.2) is 37.2 Å². The molecule has 6 nitrogen and oxygen atoms in total. The van der Waals surface area contributed by atoms with E-state index in [0.29, 0.717) is 19.3 Å². The number of unbranched alkanes of at least 4 members (excludes halogenated alkanes) is 27. The summed E-state index contributed by atoms with van der Waals surface area (Å²) in [6.07, 6.45) is 64.5. The molecule has 0 rings (SSSR count). The highest BCUT2D eigenvalue weighted by Crippen LogP contribution is 2.15. The Bertz CT molecular complexity index is 1190. The van der Waals surface area contributed by atoms with E-state index in [2.05, 4.69) is 63.3 Å². The summed E-state index contributed by atoms with van der Waals surface area (Å²) in [5, 5.41) is 0. The minimum atomic E-state index is -0.792. The molecule has 0 radical (unpaired) electrons. The smallest absolute Gasteiger partial charge is 0.306 e. The molecule has 0 aromatic rings. The van der Waals surface area contributed by atoms with Gasteiger partial charge in [0.2, 0.25) is 0 Å². The first kappa shape index (κ1) is 59.9. The fourth-order valence-corrected chi connectivity index (χ4v) is 7.31. The number of hydrogen-bond donors (Lipinski definition) is 0. The van der Waals surface area contributed by atoms with Gasteiger partial charge in [-0.1, -0.05) is 235 Å². The van der Waals surface area contributed by atoms with Gasteiger partial charge in [-0.05, 0) is 70.6 Å². The van der Waals surface area contributed by atoms with Gasteiger partial charge in [-0.15, -0.1) is 0 Å². The van der Waals surface area contributed by atoms with Crippen LogP contribution >= 0.6 is 0 Å². The van der Waals surface area contributed by atoms with Gasteiger partial charge in [0.1, 0.15) is 13.2 Å². The highest BCUT2D eigenvalue weighted by atomic mass is 16.6. The summed E-state index contributed by atoms with van der Waals surface area (Å²) >= 11 is 0. The summed E-state index contributed by atoms with van der Waals surface area (Å²) in [6.45, 7) is 6.44. The van der Waals surface area contributed by atoms with Gasteiger partial charge in [0, 0.05) is 19.3 Å². The van der Waals surface area contributed by atoms with Crippen molar-refractivity contribution in [1.82, 2.24) is 0 Å². The van der Waals surface area contributed by atoms with Crippen LogP contribution in [0.3, 0.4) is 0 Å². The zero-order valence-corrected chi connectivity index (χ0v) is 41.3. The maximum atomic E-state index is 12.8. The van der Waals surface area contributed by atoms with E-state index in [4.69, 9.17) is 14.2 Å². The van der Waals surface area contributed by atoms with Crippen LogP contribution < -0.4 is 0 Å². The molecule has 1 unspecified atom stereocenters. The Hall–Kier alpha value is -3.15. The Morgan fingerprint density at radius 1 is 0.349 bits per heavy atom. The lowest BCUT2D eigenvalue weighted by molar-refractivity contribution is -0.167. The molecular formula is C57H98O6. The van der Waals surface area contributed by atoms with E-state index < -0.39 is 6.10 Å². The zero-order chi connectivity index (χ0) is 45.8. The van der Waals surface area contributed by atoms with E-state index >= 15 is 0 Å². The number of esters is 3. The number of ether oxygens (including phenoxy) is 3. The standard InChI is InChI=1S/C57H98O6/c1-4-7-10-13-16-19-22-25-27-28-30-32-35-38-41-44-47-50-56(59)62-53-54(52-61-55(58)49-46-43-40-37-34-31-24-21-18-15-12-9-6-3)63-57(60)51-48-45-42-39-36-33-29-26-23-20-17-14-11-8-5-2/h9,12,15-16,18-19,21,24-25,27,31,34,54H,4-8,10-11,13-14,17,20,22-23,26,28-30,32-33,35-53H2,1-3H3/b12-9+,18-15+,19-16+,24-21+,27-25+,34-31+. The van der Waals surface area contributed by atoms with Crippen LogP contribution in [0.2, 0.25) is 0 Å². The first-order valence-electron chi connectivity index (χ1n) is 26.5. The number of hydrogen-bond acceptors (Lipinski definition) is 6. The molecule has 0 fully saturated rings. The van der Waals surface area contributed by atoms with Crippen molar-refractivity contribution in [2.75, 3.05) is 13.2 Å². The minimum Gasteiger partial charge on any atom is -0.462 e. The van der Waals surface area contributed by atoms with Gasteiger partial charge >= 0.3 is 17.9 Å². The van der Waals surface area contributed by atoms with Gasteiger partial charge in [0.15, 0.2) is 6.10 Å². The van der Waals surface area contributed by atoms with E-state index in [1.54, 1.807) is 0 Å². The largest absolute Gasteiger partial charge is 0.462 e. The second-order valence-corrected chi connectivity index (χ2v) is 17.5. The predicted octanol–water partition coefficient (Wildman–Crippen LogP) is 17.4.